The molecule has 0 saturated heterocycles. The van der Waals surface area contributed by atoms with E-state index in [2.05, 4.69) is 9.47 Å². The summed E-state index contributed by atoms with van der Waals surface area (Å²) in [4.78, 5) is 21.0. The fourth-order valence-electron chi connectivity index (χ4n) is 1.29. The van der Waals surface area contributed by atoms with Gasteiger partial charge in [-0.25, -0.2) is 4.79 Å². The molecule has 0 N–H and O–H groups in total. The molecule has 7 nitrogen and oxygen atoms in total. The molecule has 0 saturated carbocycles. The van der Waals surface area contributed by atoms with Gasteiger partial charge < -0.3 is 9.47 Å². The second-order valence-corrected chi connectivity index (χ2v) is 3.27. The number of nitriles is 1. The number of hydrogen-bond acceptors (Lipinski definition) is 6. The van der Waals surface area contributed by atoms with E-state index in [0.717, 1.165) is 7.11 Å². The zero-order valence-electron chi connectivity index (χ0n) is 9.72. The van der Waals surface area contributed by atoms with Crippen molar-refractivity contribution in [1.29, 1.82) is 5.26 Å². The SMILES string of the molecule is COC(=O)c1cc(OC(F)(F)F)c(C#N)cc1[N+](=O)[O-]. The van der Waals surface area contributed by atoms with Crippen LogP contribution in [0, 0.1) is 21.4 Å². The summed E-state index contributed by atoms with van der Waals surface area (Å²) in [5, 5.41) is 19.4. The Hall–Kier alpha value is -2.83. The third kappa shape index (κ3) is 3.35. The molecule has 0 atom stereocenters. The Bertz CT molecular complexity index is 606. The van der Waals surface area contributed by atoms with E-state index in [0.29, 0.717) is 12.1 Å². The van der Waals surface area contributed by atoms with Crippen LogP contribution >= 0.6 is 0 Å². The van der Waals surface area contributed by atoms with E-state index in [9.17, 15) is 28.1 Å². The lowest BCUT2D eigenvalue weighted by molar-refractivity contribution is -0.385. The minimum absolute atomic E-state index is 0.440. The smallest absolute Gasteiger partial charge is 0.465 e. The van der Waals surface area contributed by atoms with Gasteiger partial charge in [0.05, 0.1) is 12.0 Å². The number of methoxy groups -OCH3 is 1. The van der Waals surface area contributed by atoms with Crippen LogP contribution in [0.2, 0.25) is 0 Å². The first-order valence-electron chi connectivity index (χ1n) is 4.76. The first kappa shape index (κ1) is 15.2. The number of benzene rings is 1. The maximum Gasteiger partial charge on any atom is 0.573 e. The number of nitrogens with zero attached hydrogens (tertiary/aromatic N) is 2. The number of carbonyl (C=O) groups is 1. The van der Waals surface area contributed by atoms with Crippen LogP contribution in [0.4, 0.5) is 18.9 Å². The summed E-state index contributed by atoms with van der Waals surface area (Å²) in [6.07, 6.45) is -5.12. The highest BCUT2D eigenvalue weighted by atomic mass is 19.4. The van der Waals surface area contributed by atoms with E-state index in [1.54, 1.807) is 0 Å². The van der Waals surface area contributed by atoms with Gasteiger partial charge in [0.2, 0.25) is 0 Å². The van der Waals surface area contributed by atoms with Crippen LogP contribution in [-0.4, -0.2) is 24.4 Å². The second-order valence-electron chi connectivity index (χ2n) is 3.27. The third-order valence-electron chi connectivity index (χ3n) is 2.05. The van der Waals surface area contributed by atoms with Gasteiger partial charge in [0.15, 0.2) is 0 Å². The molecule has 106 valence electrons. The molecular weight excluding hydrogens is 285 g/mol. The highest BCUT2D eigenvalue weighted by Gasteiger charge is 2.34. The van der Waals surface area contributed by atoms with Crippen LogP contribution in [0.5, 0.6) is 5.75 Å². The van der Waals surface area contributed by atoms with Crippen molar-refractivity contribution in [3.63, 3.8) is 0 Å². The predicted molar refractivity (Wildman–Crippen MR) is 55.8 cm³/mol. The highest BCUT2D eigenvalue weighted by molar-refractivity contribution is 5.94. The van der Waals surface area contributed by atoms with Crippen LogP contribution in [0.15, 0.2) is 12.1 Å². The highest BCUT2D eigenvalue weighted by Crippen LogP contribution is 2.32. The molecule has 0 spiro atoms. The molecular formula is C10H5F3N2O5. The molecule has 0 aliphatic rings. The van der Waals surface area contributed by atoms with Crippen LogP contribution in [0.3, 0.4) is 0 Å². The maximum absolute atomic E-state index is 12.1. The first-order chi connectivity index (χ1) is 9.19. The van der Waals surface area contributed by atoms with E-state index in [1.165, 1.54) is 6.07 Å². The maximum atomic E-state index is 12.1. The Labute approximate surface area is 109 Å². The fourth-order valence-corrected chi connectivity index (χ4v) is 1.29. The lowest BCUT2D eigenvalue weighted by atomic mass is 10.1. The van der Waals surface area contributed by atoms with Gasteiger partial charge in [-0.05, 0) is 0 Å². The van der Waals surface area contributed by atoms with Crippen molar-refractivity contribution >= 4 is 11.7 Å². The van der Waals surface area contributed by atoms with E-state index in [4.69, 9.17) is 5.26 Å². The Balaban J connectivity index is 3.51. The summed E-state index contributed by atoms with van der Waals surface area (Å²) in [5.74, 6) is -2.25. The van der Waals surface area contributed by atoms with Gasteiger partial charge in [0, 0.05) is 12.1 Å². The normalized spacial score (nSPS) is 10.6. The lowest BCUT2D eigenvalue weighted by Gasteiger charge is -2.11. The molecule has 0 heterocycles. The zero-order chi connectivity index (χ0) is 15.5. The number of hydrogen-bond donors (Lipinski definition) is 0. The summed E-state index contributed by atoms with van der Waals surface area (Å²) in [6, 6.07) is 2.26. The Morgan fingerprint density at radius 3 is 2.45 bits per heavy atom. The average Bonchev–Trinajstić information content (AvgIpc) is 2.35. The lowest BCUT2D eigenvalue weighted by Crippen LogP contribution is -2.18. The van der Waals surface area contributed by atoms with Crippen molar-refractivity contribution in [2.24, 2.45) is 0 Å². The van der Waals surface area contributed by atoms with E-state index in [1.807, 2.05) is 0 Å². The molecule has 0 bridgehead atoms. The summed E-state index contributed by atoms with van der Waals surface area (Å²) >= 11 is 0. The molecule has 0 unspecified atom stereocenters. The van der Waals surface area contributed by atoms with Gasteiger partial charge in [-0.2, -0.15) is 5.26 Å². The largest absolute Gasteiger partial charge is 0.573 e. The first-order valence-corrected chi connectivity index (χ1v) is 4.76. The summed E-state index contributed by atoms with van der Waals surface area (Å²) in [7, 11) is 0.897. The summed E-state index contributed by atoms with van der Waals surface area (Å²) in [6.45, 7) is 0. The number of ether oxygens (including phenoxy) is 2. The van der Waals surface area contributed by atoms with Crippen molar-refractivity contribution < 1.29 is 32.4 Å². The van der Waals surface area contributed by atoms with Crippen molar-refractivity contribution in [2.75, 3.05) is 7.11 Å². The number of esters is 1. The number of nitro groups is 1. The van der Waals surface area contributed by atoms with Gasteiger partial charge in [0.25, 0.3) is 5.69 Å². The van der Waals surface area contributed by atoms with Crippen LogP contribution in [0.25, 0.3) is 0 Å². The molecule has 0 aliphatic carbocycles. The summed E-state index contributed by atoms with van der Waals surface area (Å²) < 4.78 is 44.2. The van der Waals surface area contributed by atoms with Gasteiger partial charge in [-0.3, -0.25) is 10.1 Å². The predicted octanol–water partition coefficient (Wildman–Crippen LogP) is 2.15. The van der Waals surface area contributed by atoms with Crippen molar-refractivity contribution in [3.8, 4) is 11.8 Å². The third-order valence-corrected chi connectivity index (χ3v) is 2.05. The van der Waals surface area contributed by atoms with Crippen LogP contribution in [0.1, 0.15) is 15.9 Å². The fraction of sp³-hybridized carbons (Fsp3) is 0.200. The Morgan fingerprint density at radius 1 is 1.45 bits per heavy atom. The van der Waals surface area contributed by atoms with Crippen molar-refractivity contribution in [1.82, 2.24) is 0 Å². The molecule has 1 aromatic carbocycles. The quantitative estimate of drug-likeness (QED) is 0.480. The Kier molecular flexibility index (Phi) is 4.14. The standard InChI is InChI=1S/C10H5F3N2O5/c1-19-9(16)6-3-8(20-10(11,12)13)5(4-14)2-7(6)15(17)18/h2-3H,1H3. The van der Waals surface area contributed by atoms with Crippen LogP contribution < -0.4 is 4.74 Å². The molecule has 20 heavy (non-hydrogen) atoms. The summed E-state index contributed by atoms with van der Waals surface area (Å²) in [5.41, 5.74) is -2.35. The zero-order valence-corrected chi connectivity index (χ0v) is 9.72. The minimum atomic E-state index is -5.12. The molecule has 0 radical (unpaired) electrons. The number of alkyl halides is 3. The van der Waals surface area contributed by atoms with Crippen molar-refractivity contribution in [2.45, 2.75) is 6.36 Å². The molecule has 0 aromatic heterocycles. The van der Waals surface area contributed by atoms with E-state index >= 15 is 0 Å². The van der Waals surface area contributed by atoms with Gasteiger partial charge in [-0.1, -0.05) is 0 Å². The van der Waals surface area contributed by atoms with Crippen molar-refractivity contribution in [3.05, 3.63) is 33.4 Å². The average molecular weight is 290 g/mol. The number of halogens is 3. The minimum Gasteiger partial charge on any atom is -0.465 e. The number of rotatable bonds is 3. The molecule has 0 aliphatic heterocycles. The van der Waals surface area contributed by atoms with E-state index in [-0.39, 0.29) is 0 Å². The molecule has 10 heteroatoms. The second kappa shape index (κ2) is 5.43. The Morgan fingerprint density at radius 2 is 2.05 bits per heavy atom. The topological polar surface area (TPSA) is 102 Å². The van der Waals surface area contributed by atoms with Gasteiger partial charge in [0.1, 0.15) is 22.9 Å². The van der Waals surface area contributed by atoms with Gasteiger partial charge >= 0.3 is 12.3 Å². The molecule has 0 amide bonds. The molecule has 1 rings (SSSR count). The number of nitro benzene ring substituents is 1. The van der Waals surface area contributed by atoms with Gasteiger partial charge in [-0.15, -0.1) is 13.2 Å². The molecule has 1 aromatic rings. The van der Waals surface area contributed by atoms with E-state index < -0.39 is 39.8 Å². The number of carbonyl (C=O) groups excluding carboxylic acids is 1. The van der Waals surface area contributed by atoms with Crippen LogP contribution in [-0.2, 0) is 4.74 Å². The monoisotopic (exact) mass is 290 g/mol. The molecule has 0 fully saturated rings.